The third-order valence-electron chi connectivity index (χ3n) is 5.29. The van der Waals surface area contributed by atoms with Crippen molar-refractivity contribution in [2.45, 2.75) is 26.8 Å². The second-order valence-corrected chi connectivity index (χ2v) is 11.8. The lowest BCUT2D eigenvalue weighted by Gasteiger charge is -2.23. The van der Waals surface area contributed by atoms with Gasteiger partial charge >= 0.3 is 11.9 Å². The van der Waals surface area contributed by atoms with Crippen LogP contribution < -0.4 is 19.6 Å². The maximum Gasteiger partial charge on any atom is 0.344 e. The molecule has 194 valence electrons. The Bertz CT molecular complexity index is 1560. The first-order chi connectivity index (χ1) is 17.7. The zero-order valence-corrected chi connectivity index (χ0v) is 25.5. The predicted molar refractivity (Wildman–Crippen MR) is 154 cm³/mol. The molecule has 12 heteroatoms. The number of rotatable bonds is 8. The van der Waals surface area contributed by atoms with Crippen molar-refractivity contribution < 1.29 is 23.8 Å². The van der Waals surface area contributed by atoms with Crippen LogP contribution in [0, 0.1) is 3.57 Å². The average molecular weight is 717 g/mol. The summed E-state index contributed by atoms with van der Waals surface area (Å²) < 4.78 is 19.6. The molecule has 0 N–H and O–H groups in total. The smallest absolute Gasteiger partial charge is 0.344 e. The Morgan fingerprint density at radius 2 is 2.00 bits per heavy atom. The van der Waals surface area contributed by atoms with Crippen molar-refractivity contribution in [1.29, 1.82) is 0 Å². The number of esters is 2. The number of benzene rings is 1. The zero-order valence-electron chi connectivity index (χ0n) is 20.1. The van der Waals surface area contributed by atoms with E-state index in [1.165, 1.54) is 22.7 Å². The Balaban J connectivity index is 1.87. The van der Waals surface area contributed by atoms with Gasteiger partial charge in [-0.15, -0.1) is 11.3 Å². The zero-order chi connectivity index (χ0) is 26.7. The van der Waals surface area contributed by atoms with E-state index in [1.54, 1.807) is 31.4 Å². The van der Waals surface area contributed by atoms with Gasteiger partial charge < -0.3 is 14.2 Å². The number of allylic oxidation sites excluding steroid dienone is 1. The second kappa shape index (κ2) is 12.0. The van der Waals surface area contributed by atoms with Crippen LogP contribution in [0.5, 0.6) is 5.75 Å². The monoisotopic (exact) mass is 716 g/mol. The standard InChI is InChI=1S/C25H22BrIN2O6S2/c1-4-33-19(30)12-35-22-14(9-15(26)11-16(22)27)10-18-23(31)29-21(17-7-6-8-36-17)20(24(32)34-5-2)13(3)28-25(29)37-18/h6-11,21H,4-5,12H2,1-3H3/b18-10-/t21-/m1/s1. The Morgan fingerprint density at radius 1 is 1.24 bits per heavy atom. The van der Waals surface area contributed by atoms with Gasteiger partial charge in [0, 0.05) is 14.9 Å². The maximum absolute atomic E-state index is 13.8. The van der Waals surface area contributed by atoms with E-state index < -0.39 is 18.0 Å². The number of fused-ring (bicyclic) bond motifs is 1. The van der Waals surface area contributed by atoms with E-state index in [-0.39, 0.29) is 25.4 Å². The van der Waals surface area contributed by atoms with E-state index in [4.69, 9.17) is 14.2 Å². The number of hydrogen-bond donors (Lipinski definition) is 0. The number of halogens is 2. The van der Waals surface area contributed by atoms with Gasteiger partial charge in [-0.25, -0.2) is 14.6 Å². The number of carbonyl (C=O) groups excluding carboxylic acids is 2. The summed E-state index contributed by atoms with van der Waals surface area (Å²) in [5.74, 6) is -0.516. The highest BCUT2D eigenvalue weighted by atomic mass is 127. The maximum atomic E-state index is 13.8. The van der Waals surface area contributed by atoms with Gasteiger partial charge in [-0.2, -0.15) is 0 Å². The Hall–Kier alpha value is -2.29. The first kappa shape index (κ1) is 27.7. The third kappa shape index (κ3) is 5.91. The molecule has 1 aromatic carbocycles. The fourth-order valence-corrected chi connectivity index (χ4v) is 7.39. The molecule has 4 rings (SSSR count). The molecule has 1 aliphatic rings. The molecule has 0 saturated heterocycles. The number of ether oxygens (including phenoxy) is 3. The van der Waals surface area contributed by atoms with Crippen molar-refractivity contribution in [3.05, 3.63) is 79.1 Å². The van der Waals surface area contributed by atoms with Gasteiger partial charge in [0.2, 0.25) is 0 Å². The summed E-state index contributed by atoms with van der Waals surface area (Å²) in [6.45, 7) is 5.44. The van der Waals surface area contributed by atoms with Crippen LogP contribution in [0.1, 0.15) is 37.3 Å². The Labute approximate surface area is 242 Å². The summed E-state index contributed by atoms with van der Waals surface area (Å²) in [7, 11) is 0. The van der Waals surface area contributed by atoms with Gasteiger partial charge in [0.05, 0.1) is 32.6 Å². The summed E-state index contributed by atoms with van der Waals surface area (Å²) in [5, 5.41) is 1.90. The van der Waals surface area contributed by atoms with Crippen molar-refractivity contribution in [1.82, 2.24) is 4.57 Å². The average Bonchev–Trinajstić information content (AvgIpc) is 3.46. The first-order valence-corrected chi connectivity index (χ1v) is 14.8. The number of thiazole rings is 1. The fourth-order valence-electron chi connectivity index (χ4n) is 3.82. The second-order valence-electron chi connectivity index (χ2n) is 7.72. The minimum Gasteiger partial charge on any atom is -0.480 e. The normalized spacial score (nSPS) is 15.3. The third-order valence-corrected chi connectivity index (χ3v) is 8.46. The highest BCUT2D eigenvalue weighted by Gasteiger charge is 2.34. The predicted octanol–water partition coefficient (Wildman–Crippen LogP) is 4.17. The summed E-state index contributed by atoms with van der Waals surface area (Å²) in [4.78, 5) is 44.5. The van der Waals surface area contributed by atoms with E-state index >= 15 is 0 Å². The Kier molecular flexibility index (Phi) is 9.03. The molecular formula is C25H22BrIN2O6S2. The molecule has 0 fully saturated rings. The summed E-state index contributed by atoms with van der Waals surface area (Å²) in [6.07, 6.45) is 1.71. The molecule has 3 heterocycles. The van der Waals surface area contributed by atoms with E-state index in [9.17, 15) is 14.4 Å². The van der Waals surface area contributed by atoms with Gasteiger partial charge in [-0.3, -0.25) is 9.36 Å². The summed E-state index contributed by atoms with van der Waals surface area (Å²) in [5.41, 5.74) is 1.18. The number of nitrogens with zero attached hydrogens (tertiary/aromatic N) is 2. The molecule has 1 atom stereocenters. The molecule has 0 unspecified atom stereocenters. The van der Waals surface area contributed by atoms with Crippen LogP contribution in [0.3, 0.4) is 0 Å². The molecule has 0 spiro atoms. The van der Waals surface area contributed by atoms with Crippen LogP contribution in [0.4, 0.5) is 0 Å². The first-order valence-electron chi connectivity index (χ1n) is 11.3. The van der Waals surface area contributed by atoms with Crippen molar-refractivity contribution in [2.75, 3.05) is 19.8 Å². The van der Waals surface area contributed by atoms with Gasteiger partial charge in [0.1, 0.15) is 11.8 Å². The van der Waals surface area contributed by atoms with Crippen molar-refractivity contribution in [3.8, 4) is 5.75 Å². The minimum absolute atomic E-state index is 0.216. The van der Waals surface area contributed by atoms with Crippen LogP contribution in [-0.2, 0) is 19.1 Å². The molecular weight excluding hydrogens is 695 g/mol. The molecule has 0 bridgehead atoms. The van der Waals surface area contributed by atoms with Gasteiger partial charge in [-0.05, 0) is 73.0 Å². The van der Waals surface area contributed by atoms with Crippen molar-refractivity contribution in [2.24, 2.45) is 4.99 Å². The van der Waals surface area contributed by atoms with E-state index in [2.05, 4.69) is 43.5 Å². The van der Waals surface area contributed by atoms with Gasteiger partial charge in [0.15, 0.2) is 11.4 Å². The van der Waals surface area contributed by atoms with Crippen LogP contribution in [-0.4, -0.2) is 36.3 Å². The molecule has 37 heavy (non-hydrogen) atoms. The molecule has 0 aliphatic carbocycles. The number of carbonyl (C=O) groups is 2. The van der Waals surface area contributed by atoms with E-state index in [0.717, 1.165) is 12.9 Å². The van der Waals surface area contributed by atoms with E-state index in [1.807, 2.05) is 29.6 Å². The number of aromatic nitrogens is 1. The van der Waals surface area contributed by atoms with Crippen LogP contribution >= 0.6 is 61.2 Å². The SMILES string of the molecule is CCOC(=O)COc1c(I)cc(Br)cc1/C=c1\sc2n(c1=O)[C@H](c1cccs1)C(C(=O)OCC)=C(C)N=2. The lowest BCUT2D eigenvalue weighted by Crippen LogP contribution is -2.39. The summed E-state index contributed by atoms with van der Waals surface area (Å²) in [6, 6.07) is 6.80. The molecule has 8 nitrogen and oxygen atoms in total. The molecule has 0 saturated carbocycles. The minimum atomic E-state index is -0.639. The molecule has 0 amide bonds. The Morgan fingerprint density at radius 3 is 2.68 bits per heavy atom. The highest BCUT2D eigenvalue weighted by Crippen LogP contribution is 2.33. The van der Waals surface area contributed by atoms with Crippen LogP contribution in [0.25, 0.3) is 6.08 Å². The lowest BCUT2D eigenvalue weighted by atomic mass is 10.0. The molecule has 3 aromatic rings. The van der Waals surface area contributed by atoms with Gasteiger partial charge in [-0.1, -0.05) is 33.3 Å². The molecule has 2 aromatic heterocycles. The molecule has 0 radical (unpaired) electrons. The largest absolute Gasteiger partial charge is 0.480 e. The number of thiophene rings is 1. The van der Waals surface area contributed by atoms with Crippen LogP contribution in [0.15, 0.2) is 55.2 Å². The molecule has 1 aliphatic heterocycles. The quantitative estimate of drug-likeness (QED) is 0.257. The summed E-state index contributed by atoms with van der Waals surface area (Å²) >= 11 is 8.29. The van der Waals surface area contributed by atoms with Crippen molar-refractivity contribution in [3.63, 3.8) is 0 Å². The van der Waals surface area contributed by atoms with E-state index in [0.29, 0.717) is 31.9 Å². The fraction of sp³-hybridized carbons (Fsp3) is 0.280. The topological polar surface area (TPSA) is 96.2 Å². The highest BCUT2D eigenvalue weighted by molar-refractivity contribution is 14.1. The number of hydrogen-bond acceptors (Lipinski definition) is 9. The van der Waals surface area contributed by atoms with Gasteiger partial charge in [0.25, 0.3) is 5.56 Å². The van der Waals surface area contributed by atoms with Crippen molar-refractivity contribution >= 4 is 79.2 Å². The lowest BCUT2D eigenvalue weighted by molar-refractivity contribution is -0.145. The van der Waals surface area contributed by atoms with Crippen LogP contribution in [0.2, 0.25) is 0 Å².